The van der Waals surface area contributed by atoms with E-state index >= 15 is 0 Å². The maximum absolute atomic E-state index is 12.4. The van der Waals surface area contributed by atoms with Gasteiger partial charge in [0.25, 0.3) is 0 Å². The summed E-state index contributed by atoms with van der Waals surface area (Å²) in [7, 11) is 0. The number of carbonyl (C=O) groups is 1. The molecule has 1 N–H and O–H groups in total. The predicted octanol–water partition coefficient (Wildman–Crippen LogP) is 4.60. The van der Waals surface area contributed by atoms with E-state index in [-0.39, 0.29) is 6.03 Å². The number of anilines is 1. The summed E-state index contributed by atoms with van der Waals surface area (Å²) in [6.07, 6.45) is 2.19. The van der Waals surface area contributed by atoms with E-state index in [0.717, 1.165) is 18.5 Å². The molecule has 0 saturated heterocycles. The first kappa shape index (κ1) is 13.5. The highest BCUT2D eigenvalue weighted by Gasteiger charge is 2.32. The van der Waals surface area contributed by atoms with Crippen LogP contribution in [-0.4, -0.2) is 17.0 Å². The van der Waals surface area contributed by atoms with E-state index in [4.69, 9.17) is 11.6 Å². The molecule has 2 amide bonds. The fourth-order valence-electron chi connectivity index (χ4n) is 2.06. The van der Waals surface area contributed by atoms with Crippen molar-refractivity contribution < 1.29 is 4.79 Å². The zero-order chi connectivity index (χ0) is 13.9. The van der Waals surface area contributed by atoms with Crippen LogP contribution in [0.3, 0.4) is 0 Å². The third-order valence-corrected chi connectivity index (χ3v) is 4.26. The monoisotopic (exact) mass is 306 g/mol. The molecule has 1 aliphatic carbocycles. The number of carbonyl (C=O) groups excluding carboxylic acids is 1. The highest BCUT2D eigenvalue weighted by Crippen LogP contribution is 2.29. The van der Waals surface area contributed by atoms with Crippen LogP contribution in [-0.2, 0) is 6.54 Å². The van der Waals surface area contributed by atoms with Crippen molar-refractivity contribution in [3.63, 3.8) is 0 Å². The van der Waals surface area contributed by atoms with Gasteiger partial charge in [-0.15, -0.1) is 0 Å². The summed E-state index contributed by atoms with van der Waals surface area (Å²) < 4.78 is 0. The second-order valence-corrected chi connectivity index (χ2v) is 6.14. The van der Waals surface area contributed by atoms with Gasteiger partial charge < -0.3 is 10.2 Å². The molecule has 0 aliphatic heterocycles. The summed E-state index contributed by atoms with van der Waals surface area (Å²) in [6.45, 7) is 0.674. The third-order valence-electron chi connectivity index (χ3n) is 3.28. The van der Waals surface area contributed by atoms with Crippen molar-refractivity contribution in [1.82, 2.24) is 4.90 Å². The van der Waals surface area contributed by atoms with Gasteiger partial charge in [0.15, 0.2) is 0 Å². The van der Waals surface area contributed by atoms with Crippen LogP contribution in [0.2, 0.25) is 5.02 Å². The van der Waals surface area contributed by atoms with Crippen molar-refractivity contribution in [2.75, 3.05) is 5.32 Å². The summed E-state index contributed by atoms with van der Waals surface area (Å²) in [5.41, 5.74) is 1.96. The quantitative estimate of drug-likeness (QED) is 0.879. The standard InChI is InChI=1S/C15H15ClN2OS/c16-12-1-3-13(4-2-12)17-15(19)18(14-5-6-14)9-11-7-8-20-10-11/h1-4,7-8,10,14H,5-6,9H2,(H,17,19). The number of amides is 2. The Hall–Kier alpha value is -1.52. The van der Waals surface area contributed by atoms with Gasteiger partial charge in [0.2, 0.25) is 0 Å². The molecule has 5 heteroatoms. The van der Waals surface area contributed by atoms with Crippen LogP contribution in [0.4, 0.5) is 10.5 Å². The predicted molar refractivity (Wildman–Crippen MR) is 83.4 cm³/mol. The van der Waals surface area contributed by atoms with E-state index in [1.807, 2.05) is 22.4 Å². The molecule has 1 aromatic heterocycles. The Kier molecular flexibility index (Phi) is 3.94. The largest absolute Gasteiger partial charge is 0.322 e. The molecule has 20 heavy (non-hydrogen) atoms. The van der Waals surface area contributed by atoms with Gasteiger partial charge in [-0.1, -0.05) is 11.6 Å². The summed E-state index contributed by atoms with van der Waals surface area (Å²) in [6, 6.07) is 9.58. The smallest absolute Gasteiger partial charge is 0.317 e. The molecular weight excluding hydrogens is 292 g/mol. The maximum atomic E-state index is 12.4. The van der Waals surface area contributed by atoms with Crippen molar-refractivity contribution in [2.45, 2.75) is 25.4 Å². The van der Waals surface area contributed by atoms with Crippen LogP contribution in [0.25, 0.3) is 0 Å². The first-order valence-electron chi connectivity index (χ1n) is 6.56. The van der Waals surface area contributed by atoms with Crippen LogP contribution in [0, 0.1) is 0 Å². The molecule has 104 valence electrons. The first-order chi connectivity index (χ1) is 9.72. The Morgan fingerprint density at radius 2 is 2.05 bits per heavy atom. The molecule has 2 aromatic rings. The van der Waals surface area contributed by atoms with Crippen LogP contribution in [0.5, 0.6) is 0 Å². The first-order valence-corrected chi connectivity index (χ1v) is 7.89. The average Bonchev–Trinajstić information content (AvgIpc) is 3.15. The van der Waals surface area contributed by atoms with E-state index in [1.165, 1.54) is 5.56 Å². The van der Waals surface area contributed by atoms with Crippen LogP contribution >= 0.6 is 22.9 Å². The van der Waals surface area contributed by atoms with E-state index in [0.29, 0.717) is 17.6 Å². The van der Waals surface area contributed by atoms with E-state index in [9.17, 15) is 4.79 Å². The highest BCUT2D eigenvalue weighted by molar-refractivity contribution is 7.07. The van der Waals surface area contributed by atoms with Crippen molar-refractivity contribution >= 4 is 34.7 Å². The minimum absolute atomic E-state index is 0.0407. The molecule has 0 bridgehead atoms. The van der Waals surface area contributed by atoms with Gasteiger partial charge in [-0.3, -0.25) is 0 Å². The number of benzene rings is 1. The molecule has 0 atom stereocenters. The van der Waals surface area contributed by atoms with Crippen molar-refractivity contribution in [3.8, 4) is 0 Å². The van der Waals surface area contributed by atoms with Crippen LogP contribution in [0.1, 0.15) is 18.4 Å². The number of urea groups is 1. The Bertz CT molecular complexity index is 578. The molecule has 3 nitrogen and oxygen atoms in total. The minimum atomic E-state index is -0.0407. The SMILES string of the molecule is O=C(Nc1ccc(Cl)cc1)N(Cc1ccsc1)C1CC1. The van der Waals surface area contributed by atoms with Gasteiger partial charge >= 0.3 is 6.03 Å². The molecule has 0 radical (unpaired) electrons. The Morgan fingerprint density at radius 3 is 2.65 bits per heavy atom. The minimum Gasteiger partial charge on any atom is -0.317 e. The molecule has 3 rings (SSSR count). The van der Waals surface area contributed by atoms with Crippen molar-refractivity contribution in [1.29, 1.82) is 0 Å². The summed E-state index contributed by atoms with van der Waals surface area (Å²) in [4.78, 5) is 14.3. The molecule has 0 spiro atoms. The number of rotatable bonds is 4. The van der Waals surface area contributed by atoms with E-state index < -0.39 is 0 Å². The van der Waals surface area contributed by atoms with Crippen molar-refractivity contribution in [3.05, 3.63) is 51.7 Å². The molecule has 1 fully saturated rings. The van der Waals surface area contributed by atoms with Crippen LogP contribution in [0.15, 0.2) is 41.1 Å². The second kappa shape index (κ2) is 5.85. The fourth-order valence-corrected chi connectivity index (χ4v) is 2.85. The van der Waals surface area contributed by atoms with E-state index in [1.54, 1.807) is 23.5 Å². The normalized spacial score (nSPS) is 14.1. The Labute approximate surface area is 127 Å². The zero-order valence-corrected chi connectivity index (χ0v) is 12.5. The topological polar surface area (TPSA) is 32.3 Å². The molecular formula is C15H15ClN2OS. The second-order valence-electron chi connectivity index (χ2n) is 4.93. The van der Waals surface area contributed by atoms with Crippen molar-refractivity contribution in [2.24, 2.45) is 0 Å². The summed E-state index contributed by atoms with van der Waals surface area (Å²) in [5.74, 6) is 0. The van der Waals surface area contributed by atoms with E-state index in [2.05, 4.69) is 16.8 Å². The zero-order valence-electron chi connectivity index (χ0n) is 10.9. The van der Waals surface area contributed by atoms with Crippen LogP contribution < -0.4 is 5.32 Å². The lowest BCUT2D eigenvalue weighted by molar-refractivity contribution is 0.206. The lowest BCUT2D eigenvalue weighted by Gasteiger charge is -2.22. The third kappa shape index (κ3) is 3.32. The molecule has 1 heterocycles. The van der Waals surface area contributed by atoms with Gasteiger partial charge in [0, 0.05) is 23.3 Å². The summed E-state index contributed by atoms with van der Waals surface area (Å²) in [5, 5.41) is 7.73. The Balaban J connectivity index is 1.67. The molecule has 1 aliphatic rings. The van der Waals surface area contributed by atoms with Gasteiger partial charge in [0.1, 0.15) is 0 Å². The number of nitrogens with zero attached hydrogens (tertiary/aromatic N) is 1. The Morgan fingerprint density at radius 1 is 1.30 bits per heavy atom. The molecule has 0 unspecified atom stereocenters. The maximum Gasteiger partial charge on any atom is 0.322 e. The molecule has 1 saturated carbocycles. The van der Waals surface area contributed by atoms with Gasteiger partial charge in [-0.2, -0.15) is 11.3 Å². The number of hydrogen-bond acceptors (Lipinski definition) is 2. The number of thiophene rings is 1. The number of nitrogens with one attached hydrogen (secondary N) is 1. The lowest BCUT2D eigenvalue weighted by atomic mass is 10.3. The van der Waals surface area contributed by atoms with Gasteiger partial charge in [-0.05, 0) is 59.5 Å². The van der Waals surface area contributed by atoms with Gasteiger partial charge in [0.05, 0.1) is 0 Å². The number of hydrogen-bond donors (Lipinski definition) is 1. The van der Waals surface area contributed by atoms with Gasteiger partial charge in [-0.25, -0.2) is 4.79 Å². The lowest BCUT2D eigenvalue weighted by Crippen LogP contribution is -2.36. The fraction of sp³-hybridized carbons (Fsp3) is 0.267. The summed E-state index contributed by atoms with van der Waals surface area (Å²) >= 11 is 7.50. The number of halogens is 1. The average molecular weight is 307 g/mol. The highest BCUT2D eigenvalue weighted by atomic mass is 35.5. The molecule has 1 aromatic carbocycles.